The highest BCUT2D eigenvalue weighted by molar-refractivity contribution is 6.30. The number of hydrogen-bond acceptors (Lipinski definition) is 2. The Morgan fingerprint density at radius 3 is 2.40 bits per heavy atom. The van der Waals surface area contributed by atoms with Crippen LogP contribution in [0.5, 0.6) is 0 Å². The van der Waals surface area contributed by atoms with Gasteiger partial charge in [-0.3, -0.25) is 0 Å². The monoisotopic (exact) mass is 156 g/mol. The summed E-state index contributed by atoms with van der Waals surface area (Å²) in [5.41, 5.74) is 2.88. The molecular weight excluding hydrogens is 152 g/mol. The van der Waals surface area contributed by atoms with E-state index >= 15 is 0 Å². The number of nitrogens with zero attached hydrogens (tertiary/aromatic N) is 1. The molecule has 0 heterocycles. The zero-order chi connectivity index (χ0) is 7.40. The number of anilines is 1. The predicted octanol–water partition coefficient (Wildman–Crippen LogP) is 2.43. The molecule has 4 heteroatoms. The molecule has 52 valence electrons. The van der Waals surface area contributed by atoms with E-state index in [0.29, 0.717) is 10.7 Å². The Kier molecular flexibility index (Phi) is 2.23. The largest absolute Gasteiger partial charge is 0.242 e. The van der Waals surface area contributed by atoms with Crippen molar-refractivity contribution < 1.29 is 0 Å². The van der Waals surface area contributed by atoms with Gasteiger partial charge in [0.1, 0.15) is 0 Å². The van der Waals surface area contributed by atoms with Gasteiger partial charge in [0, 0.05) is 5.02 Å². The Morgan fingerprint density at radius 2 is 1.90 bits per heavy atom. The minimum atomic E-state index is 0.636. The first-order valence-corrected chi connectivity index (χ1v) is 3.04. The molecule has 1 rings (SSSR count). The second-order valence-electron chi connectivity index (χ2n) is 1.71. The molecule has 0 aliphatic rings. The van der Waals surface area contributed by atoms with Crippen molar-refractivity contribution in [3.05, 3.63) is 34.2 Å². The number of halogens is 1. The van der Waals surface area contributed by atoms with Crippen LogP contribution in [0.2, 0.25) is 5.02 Å². The third-order valence-corrected chi connectivity index (χ3v) is 1.27. The van der Waals surface area contributed by atoms with Crippen LogP contribution in [-0.2, 0) is 0 Å². The Morgan fingerprint density at radius 1 is 1.30 bits per heavy atom. The van der Waals surface area contributed by atoms with Crippen LogP contribution < -0.4 is 5.43 Å². The molecule has 0 aliphatic carbocycles. The van der Waals surface area contributed by atoms with E-state index in [4.69, 9.17) is 11.6 Å². The summed E-state index contributed by atoms with van der Waals surface area (Å²) >= 11 is 5.58. The maximum absolute atomic E-state index is 9.67. The maximum Gasteiger partial charge on any atom is 0.0595 e. The number of hydrogen-bond donors (Lipinski definition) is 1. The summed E-state index contributed by atoms with van der Waals surface area (Å²) in [6, 6.07) is 6.69. The van der Waals surface area contributed by atoms with E-state index in [9.17, 15) is 4.91 Å². The van der Waals surface area contributed by atoms with Gasteiger partial charge in [0.15, 0.2) is 0 Å². The SMILES string of the molecule is O=NNc1ccc(Cl)cc1. The van der Waals surface area contributed by atoms with Gasteiger partial charge in [0.05, 0.1) is 11.0 Å². The molecule has 1 aromatic rings. The highest BCUT2D eigenvalue weighted by atomic mass is 35.5. The lowest BCUT2D eigenvalue weighted by Crippen LogP contribution is -1.83. The fraction of sp³-hybridized carbons (Fsp3) is 0. The molecule has 0 amide bonds. The molecular formula is C6H5ClN2O. The first-order valence-electron chi connectivity index (χ1n) is 2.67. The van der Waals surface area contributed by atoms with E-state index in [1.807, 2.05) is 0 Å². The quantitative estimate of drug-likeness (QED) is 0.528. The molecule has 0 fully saturated rings. The van der Waals surface area contributed by atoms with Crippen LogP contribution in [0, 0.1) is 4.91 Å². The molecule has 0 unspecified atom stereocenters. The van der Waals surface area contributed by atoms with Crippen LogP contribution in [-0.4, -0.2) is 0 Å². The maximum atomic E-state index is 9.67. The molecule has 0 saturated heterocycles. The molecule has 0 radical (unpaired) electrons. The molecule has 1 aromatic carbocycles. The van der Waals surface area contributed by atoms with E-state index in [1.165, 1.54) is 0 Å². The first kappa shape index (κ1) is 7.02. The number of rotatable bonds is 2. The average Bonchev–Trinajstić information content (AvgIpc) is 1.95. The molecule has 1 N–H and O–H groups in total. The zero-order valence-corrected chi connectivity index (χ0v) is 5.80. The fourth-order valence-corrected chi connectivity index (χ4v) is 0.703. The summed E-state index contributed by atoms with van der Waals surface area (Å²) < 4.78 is 0. The molecule has 0 bridgehead atoms. The normalized spacial score (nSPS) is 8.90. The number of nitrogens with one attached hydrogen (secondary N) is 1. The third kappa shape index (κ3) is 1.70. The van der Waals surface area contributed by atoms with Crippen LogP contribution in [0.1, 0.15) is 0 Å². The molecule has 3 nitrogen and oxygen atoms in total. The van der Waals surface area contributed by atoms with Crippen molar-refractivity contribution in [3.63, 3.8) is 0 Å². The summed E-state index contributed by atoms with van der Waals surface area (Å²) in [6.07, 6.45) is 0. The number of benzene rings is 1. The topological polar surface area (TPSA) is 41.5 Å². The Hall–Kier alpha value is -1.09. The highest BCUT2D eigenvalue weighted by Gasteiger charge is 1.88. The van der Waals surface area contributed by atoms with Gasteiger partial charge in [-0.25, -0.2) is 5.43 Å². The third-order valence-electron chi connectivity index (χ3n) is 1.02. The predicted molar refractivity (Wildman–Crippen MR) is 40.9 cm³/mol. The first-order chi connectivity index (χ1) is 4.83. The van der Waals surface area contributed by atoms with E-state index in [2.05, 4.69) is 10.7 Å². The van der Waals surface area contributed by atoms with Crippen molar-refractivity contribution in [1.29, 1.82) is 0 Å². The molecule has 0 saturated carbocycles. The van der Waals surface area contributed by atoms with Gasteiger partial charge in [0.2, 0.25) is 0 Å². The Bertz CT molecular complexity index is 222. The van der Waals surface area contributed by atoms with E-state index in [1.54, 1.807) is 24.3 Å². The van der Waals surface area contributed by atoms with Crippen molar-refractivity contribution in [2.75, 3.05) is 5.43 Å². The van der Waals surface area contributed by atoms with E-state index < -0.39 is 0 Å². The summed E-state index contributed by atoms with van der Waals surface area (Å²) in [6.45, 7) is 0. The van der Waals surface area contributed by atoms with Crippen molar-refractivity contribution in [2.24, 2.45) is 5.29 Å². The second kappa shape index (κ2) is 3.17. The second-order valence-corrected chi connectivity index (χ2v) is 2.15. The lowest BCUT2D eigenvalue weighted by Gasteiger charge is -1.94. The van der Waals surface area contributed by atoms with Crippen molar-refractivity contribution in [3.8, 4) is 0 Å². The lowest BCUT2D eigenvalue weighted by atomic mass is 10.3. The molecule has 0 spiro atoms. The zero-order valence-electron chi connectivity index (χ0n) is 5.04. The highest BCUT2D eigenvalue weighted by Crippen LogP contribution is 2.12. The standard InChI is InChI=1S/C6H5ClN2O/c7-5-1-3-6(4-2-5)8-9-10/h1-4H,(H,8,10). The lowest BCUT2D eigenvalue weighted by molar-refractivity contribution is 1.32. The van der Waals surface area contributed by atoms with Crippen LogP contribution >= 0.6 is 11.6 Å². The van der Waals surface area contributed by atoms with Crippen molar-refractivity contribution in [2.45, 2.75) is 0 Å². The smallest absolute Gasteiger partial charge is 0.0595 e. The van der Waals surface area contributed by atoms with Crippen LogP contribution in [0.15, 0.2) is 29.6 Å². The van der Waals surface area contributed by atoms with Gasteiger partial charge in [-0.1, -0.05) is 11.6 Å². The summed E-state index contributed by atoms with van der Waals surface area (Å²) in [7, 11) is 0. The van der Waals surface area contributed by atoms with Gasteiger partial charge in [-0.2, -0.15) is 0 Å². The van der Waals surface area contributed by atoms with Crippen molar-refractivity contribution >= 4 is 17.3 Å². The van der Waals surface area contributed by atoms with E-state index in [0.717, 1.165) is 0 Å². The Labute approximate surface area is 62.9 Å². The molecule has 0 aliphatic heterocycles. The average molecular weight is 157 g/mol. The van der Waals surface area contributed by atoms with Crippen LogP contribution in [0.3, 0.4) is 0 Å². The fourth-order valence-electron chi connectivity index (χ4n) is 0.577. The van der Waals surface area contributed by atoms with Gasteiger partial charge >= 0.3 is 0 Å². The van der Waals surface area contributed by atoms with Gasteiger partial charge < -0.3 is 0 Å². The number of nitroso groups, excluding NO2 is 1. The van der Waals surface area contributed by atoms with E-state index in [-0.39, 0.29) is 0 Å². The molecule has 0 aromatic heterocycles. The van der Waals surface area contributed by atoms with Gasteiger partial charge in [-0.05, 0) is 24.3 Å². The van der Waals surface area contributed by atoms with Crippen LogP contribution in [0.25, 0.3) is 0 Å². The molecule has 10 heavy (non-hydrogen) atoms. The van der Waals surface area contributed by atoms with Crippen molar-refractivity contribution in [1.82, 2.24) is 0 Å². The minimum absolute atomic E-state index is 0.636. The van der Waals surface area contributed by atoms with Gasteiger partial charge in [-0.15, -0.1) is 4.91 Å². The van der Waals surface area contributed by atoms with Gasteiger partial charge in [0.25, 0.3) is 0 Å². The summed E-state index contributed by atoms with van der Waals surface area (Å²) in [4.78, 5) is 9.67. The minimum Gasteiger partial charge on any atom is -0.242 e. The van der Waals surface area contributed by atoms with Crippen LogP contribution in [0.4, 0.5) is 5.69 Å². The summed E-state index contributed by atoms with van der Waals surface area (Å²) in [5, 5.41) is 3.13. The molecule has 0 atom stereocenters. The summed E-state index contributed by atoms with van der Waals surface area (Å²) in [5.74, 6) is 0. The Balaban J connectivity index is 2.78.